The first-order chi connectivity index (χ1) is 14.7. The minimum atomic E-state index is -3.54. The average molecular weight is 441 g/mol. The molecule has 0 radical (unpaired) electrons. The first kappa shape index (κ1) is 20.2. The molecule has 3 aromatic heterocycles. The van der Waals surface area contributed by atoms with Crippen molar-refractivity contribution in [2.75, 3.05) is 6.26 Å². The Morgan fingerprint density at radius 3 is 2.71 bits per heavy atom. The van der Waals surface area contributed by atoms with Gasteiger partial charge in [0.1, 0.15) is 23.7 Å². The Kier molecular flexibility index (Phi) is 4.99. The lowest BCUT2D eigenvalue weighted by molar-refractivity contribution is 0.0696. The molecule has 0 aliphatic carbocycles. The standard InChI is InChI=1S/C19H15N5O6S/c1-31(28,29)24-10-14(9-21-24)23-5-4-18(25)17(22-23)11-30-15-2-3-16-12(7-15)6-13(8-20-16)19(26)27/h2-10H,11H2,1H3,(H,26,27). The van der Waals surface area contributed by atoms with Crippen LogP contribution in [0.2, 0.25) is 0 Å². The number of aromatic carboxylic acids is 1. The van der Waals surface area contributed by atoms with Gasteiger partial charge in [0.2, 0.25) is 5.43 Å². The third-order valence-corrected chi connectivity index (χ3v) is 5.19. The van der Waals surface area contributed by atoms with Gasteiger partial charge < -0.3 is 9.84 Å². The number of carbonyl (C=O) groups is 1. The predicted octanol–water partition coefficient (Wildman–Crippen LogP) is 1.06. The largest absolute Gasteiger partial charge is 0.487 e. The van der Waals surface area contributed by atoms with Crippen molar-refractivity contribution in [2.45, 2.75) is 6.61 Å². The highest BCUT2D eigenvalue weighted by atomic mass is 32.2. The number of carboxylic acid groups (broad SMARTS) is 1. The van der Waals surface area contributed by atoms with Crippen molar-refractivity contribution in [3.63, 3.8) is 0 Å². The summed E-state index contributed by atoms with van der Waals surface area (Å²) in [6.45, 7) is -0.155. The molecule has 0 atom stereocenters. The van der Waals surface area contributed by atoms with Gasteiger partial charge in [-0.1, -0.05) is 0 Å². The van der Waals surface area contributed by atoms with Crippen LogP contribution in [0.3, 0.4) is 0 Å². The molecule has 12 heteroatoms. The molecule has 3 heterocycles. The van der Waals surface area contributed by atoms with Crippen molar-refractivity contribution in [3.05, 3.63) is 76.6 Å². The van der Waals surface area contributed by atoms with Gasteiger partial charge in [0.25, 0.3) is 10.0 Å². The van der Waals surface area contributed by atoms with E-state index in [1.165, 1.54) is 41.6 Å². The number of ether oxygens (including phenoxy) is 1. The topological polar surface area (TPSA) is 146 Å². The molecule has 0 aliphatic rings. The van der Waals surface area contributed by atoms with Crippen LogP contribution < -0.4 is 10.2 Å². The average Bonchev–Trinajstić information content (AvgIpc) is 3.23. The number of benzene rings is 1. The number of fused-ring (bicyclic) bond motifs is 1. The van der Waals surface area contributed by atoms with Crippen molar-refractivity contribution < 1.29 is 23.1 Å². The van der Waals surface area contributed by atoms with Gasteiger partial charge in [-0.2, -0.15) is 14.3 Å². The summed E-state index contributed by atoms with van der Waals surface area (Å²) in [4.78, 5) is 27.4. The summed E-state index contributed by atoms with van der Waals surface area (Å²) in [5.41, 5.74) is 0.728. The van der Waals surface area contributed by atoms with Crippen LogP contribution in [0.4, 0.5) is 0 Å². The summed E-state index contributed by atoms with van der Waals surface area (Å²) in [5, 5.41) is 17.6. The SMILES string of the molecule is CS(=O)(=O)n1cc(-n2ccc(=O)c(COc3ccc4ncc(C(=O)O)cc4c3)n2)cn1. The maximum absolute atomic E-state index is 12.2. The van der Waals surface area contributed by atoms with Crippen molar-refractivity contribution in [1.82, 2.24) is 24.0 Å². The number of nitrogens with zero attached hydrogens (tertiary/aromatic N) is 5. The molecule has 11 nitrogen and oxygen atoms in total. The number of hydrogen-bond acceptors (Lipinski definition) is 8. The van der Waals surface area contributed by atoms with Crippen LogP contribution in [-0.4, -0.2) is 49.7 Å². The summed E-state index contributed by atoms with van der Waals surface area (Å²) >= 11 is 0. The molecule has 4 rings (SSSR count). The third-order valence-electron chi connectivity index (χ3n) is 4.31. The highest BCUT2D eigenvalue weighted by Crippen LogP contribution is 2.21. The second kappa shape index (κ2) is 7.65. The summed E-state index contributed by atoms with van der Waals surface area (Å²) in [7, 11) is -3.54. The molecule has 158 valence electrons. The highest BCUT2D eigenvalue weighted by Gasteiger charge is 2.11. The predicted molar refractivity (Wildman–Crippen MR) is 109 cm³/mol. The minimum Gasteiger partial charge on any atom is -0.487 e. The Hall–Kier alpha value is -4.06. The second-order valence-electron chi connectivity index (χ2n) is 6.58. The maximum Gasteiger partial charge on any atom is 0.337 e. The quantitative estimate of drug-likeness (QED) is 0.464. The fourth-order valence-corrected chi connectivity index (χ4v) is 3.27. The van der Waals surface area contributed by atoms with E-state index in [4.69, 9.17) is 9.84 Å². The first-order valence-electron chi connectivity index (χ1n) is 8.81. The van der Waals surface area contributed by atoms with Gasteiger partial charge in [-0.25, -0.2) is 17.9 Å². The molecule has 0 aliphatic heterocycles. The van der Waals surface area contributed by atoms with E-state index in [9.17, 15) is 18.0 Å². The highest BCUT2D eigenvalue weighted by molar-refractivity contribution is 7.89. The van der Waals surface area contributed by atoms with Gasteiger partial charge in [0.15, 0.2) is 0 Å². The number of hydrogen-bond donors (Lipinski definition) is 1. The van der Waals surface area contributed by atoms with Gasteiger partial charge >= 0.3 is 5.97 Å². The Bertz CT molecular complexity index is 1470. The zero-order valence-corrected chi connectivity index (χ0v) is 16.9. The zero-order valence-electron chi connectivity index (χ0n) is 16.0. The molecule has 0 unspecified atom stereocenters. The summed E-state index contributed by atoms with van der Waals surface area (Å²) in [6, 6.07) is 7.70. The first-order valence-corrected chi connectivity index (χ1v) is 10.7. The lowest BCUT2D eigenvalue weighted by Crippen LogP contribution is -2.17. The minimum absolute atomic E-state index is 0.0481. The van der Waals surface area contributed by atoms with Crippen LogP contribution in [0.25, 0.3) is 16.6 Å². The number of carboxylic acids is 1. The Morgan fingerprint density at radius 2 is 2.00 bits per heavy atom. The fourth-order valence-electron chi connectivity index (χ4n) is 2.75. The second-order valence-corrected chi connectivity index (χ2v) is 8.42. The van der Waals surface area contributed by atoms with E-state index in [-0.39, 0.29) is 23.3 Å². The van der Waals surface area contributed by atoms with Crippen LogP contribution in [0.1, 0.15) is 16.1 Å². The molecule has 0 saturated carbocycles. The van der Waals surface area contributed by atoms with Crippen molar-refractivity contribution in [3.8, 4) is 11.4 Å². The number of pyridine rings is 1. The molecule has 4 aromatic rings. The smallest absolute Gasteiger partial charge is 0.337 e. The summed E-state index contributed by atoms with van der Waals surface area (Å²) in [5.74, 6) is -0.688. The van der Waals surface area contributed by atoms with Crippen molar-refractivity contribution in [1.29, 1.82) is 0 Å². The number of rotatable bonds is 6. The van der Waals surface area contributed by atoms with E-state index in [1.54, 1.807) is 18.2 Å². The van der Waals surface area contributed by atoms with Gasteiger partial charge in [0, 0.05) is 23.8 Å². The molecule has 0 saturated heterocycles. The summed E-state index contributed by atoms with van der Waals surface area (Å²) < 4.78 is 30.9. The molecular weight excluding hydrogens is 426 g/mol. The third kappa shape index (κ3) is 4.28. The molecule has 0 bridgehead atoms. The molecular formula is C19H15N5O6S. The van der Waals surface area contributed by atoms with Crippen molar-refractivity contribution in [2.24, 2.45) is 0 Å². The van der Waals surface area contributed by atoms with Crippen LogP contribution in [0.5, 0.6) is 5.75 Å². The maximum atomic E-state index is 12.2. The molecule has 31 heavy (non-hydrogen) atoms. The fraction of sp³-hybridized carbons (Fsp3) is 0.105. The van der Waals surface area contributed by atoms with Gasteiger partial charge in [0.05, 0.1) is 29.7 Å². The van der Waals surface area contributed by atoms with Crippen LogP contribution in [0, 0.1) is 0 Å². The van der Waals surface area contributed by atoms with Crippen molar-refractivity contribution >= 4 is 26.9 Å². The lowest BCUT2D eigenvalue weighted by Gasteiger charge is -2.08. The molecule has 0 amide bonds. The van der Waals surface area contributed by atoms with Crippen LogP contribution in [0.15, 0.2) is 59.9 Å². The van der Waals surface area contributed by atoms with E-state index >= 15 is 0 Å². The number of aromatic nitrogens is 5. The van der Waals surface area contributed by atoms with Gasteiger partial charge in [-0.15, -0.1) is 0 Å². The molecule has 0 spiro atoms. The van der Waals surface area contributed by atoms with Crippen LogP contribution >= 0.6 is 0 Å². The van der Waals surface area contributed by atoms with E-state index in [1.807, 2.05) is 0 Å². The Balaban J connectivity index is 1.58. The van der Waals surface area contributed by atoms with E-state index in [2.05, 4.69) is 15.2 Å². The molecule has 1 N–H and O–H groups in total. The van der Waals surface area contributed by atoms with Crippen LogP contribution in [-0.2, 0) is 16.6 Å². The Labute approximate surface area is 175 Å². The van der Waals surface area contributed by atoms with Gasteiger partial charge in [-0.3, -0.25) is 9.78 Å². The Morgan fingerprint density at radius 1 is 1.19 bits per heavy atom. The normalized spacial score (nSPS) is 11.5. The van der Waals surface area contributed by atoms with E-state index in [0.717, 1.165) is 10.3 Å². The molecule has 1 aromatic carbocycles. The monoisotopic (exact) mass is 441 g/mol. The van der Waals surface area contributed by atoms with E-state index in [0.29, 0.717) is 22.3 Å². The summed E-state index contributed by atoms with van der Waals surface area (Å²) in [6.07, 6.45) is 6.26. The van der Waals surface area contributed by atoms with Gasteiger partial charge in [-0.05, 0) is 24.3 Å². The lowest BCUT2D eigenvalue weighted by atomic mass is 10.1. The zero-order chi connectivity index (χ0) is 22.2. The molecule has 0 fully saturated rings. The van der Waals surface area contributed by atoms with E-state index < -0.39 is 16.0 Å².